The van der Waals surface area contributed by atoms with E-state index in [9.17, 15) is 0 Å². The molecule has 1 saturated heterocycles. The van der Waals surface area contributed by atoms with Crippen LogP contribution < -0.4 is 10.6 Å². The van der Waals surface area contributed by atoms with Gasteiger partial charge in [-0.15, -0.1) is 0 Å². The van der Waals surface area contributed by atoms with Crippen LogP contribution >= 0.6 is 0 Å². The lowest BCUT2D eigenvalue weighted by atomic mass is 10.1. The van der Waals surface area contributed by atoms with Gasteiger partial charge in [0.1, 0.15) is 11.5 Å². The van der Waals surface area contributed by atoms with Crippen LogP contribution in [0.4, 0.5) is 5.82 Å². The second-order valence-corrected chi connectivity index (χ2v) is 4.38. The molecule has 92 valence electrons. The molecule has 1 aliphatic rings. The maximum Gasteiger partial charge on any atom is 0.188 e. The lowest BCUT2D eigenvalue weighted by Gasteiger charge is -2.17. The molecule has 0 amide bonds. The van der Waals surface area contributed by atoms with Crippen molar-refractivity contribution in [2.45, 2.75) is 19.8 Å². The zero-order chi connectivity index (χ0) is 12.3. The van der Waals surface area contributed by atoms with Crippen molar-refractivity contribution >= 4 is 11.7 Å². The van der Waals surface area contributed by atoms with Crippen molar-refractivity contribution in [2.75, 3.05) is 18.0 Å². The van der Waals surface area contributed by atoms with E-state index in [1.54, 1.807) is 6.07 Å². The molecule has 0 radical (unpaired) electrons. The highest BCUT2D eigenvalue weighted by Gasteiger charge is 2.22. The second kappa shape index (κ2) is 5.03. The SMILES string of the molecule is CCC1CCN(c2cccc(/C(N)=N/O)n2)C1. The minimum atomic E-state index is 0.0538. The fraction of sp³-hybridized carbons (Fsp3) is 0.500. The van der Waals surface area contributed by atoms with Gasteiger partial charge in [-0.1, -0.05) is 24.6 Å². The van der Waals surface area contributed by atoms with Gasteiger partial charge in [0, 0.05) is 13.1 Å². The molecule has 2 rings (SSSR count). The molecule has 5 nitrogen and oxygen atoms in total. The molecule has 0 aliphatic carbocycles. The van der Waals surface area contributed by atoms with Crippen molar-refractivity contribution in [1.82, 2.24) is 4.98 Å². The average Bonchev–Trinajstić information content (AvgIpc) is 2.86. The number of aromatic nitrogens is 1. The summed E-state index contributed by atoms with van der Waals surface area (Å²) in [5, 5.41) is 11.6. The second-order valence-electron chi connectivity index (χ2n) is 4.38. The summed E-state index contributed by atoms with van der Waals surface area (Å²) in [6.07, 6.45) is 2.42. The molecule has 17 heavy (non-hydrogen) atoms. The van der Waals surface area contributed by atoms with Crippen molar-refractivity contribution < 1.29 is 5.21 Å². The smallest absolute Gasteiger partial charge is 0.188 e. The molecule has 1 aromatic rings. The van der Waals surface area contributed by atoms with E-state index in [2.05, 4.69) is 22.0 Å². The molecule has 0 bridgehead atoms. The minimum absolute atomic E-state index is 0.0538. The Morgan fingerprint density at radius 1 is 1.65 bits per heavy atom. The molecule has 2 heterocycles. The van der Waals surface area contributed by atoms with Crippen molar-refractivity contribution in [3.05, 3.63) is 23.9 Å². The third-order valence-corrected chi connectivity index (χ3v) is 3.29. The van der Waals surface area contributed by atoms with Crippen LogP contribution in [0.15, 0.2) is 23.4 Å². The topological polar surface area (TPSA) is 74.7 Å². The first-order valence-electron chi connectivity index (χ1n) is 5.94. The Morgan fingerprint density at radius 3 is 3.12 bits per heavy atom. The number of hydrogen-bond acceptors (Lipinski definition) is 4. The molecular formula is C12H18N4O. The third kappa shape index (κ3) is 2.49. The van der Waals surface area contributed by atoms with Crippen LogP contribution in [-0.2, 0) is 0 Å². The zero-order valence-electron chi connectivity index (χ0n) is 10.0. The van der Waals surface area contributed by atoms with Crippen LogP contribution in [0.25, 0.3) is 0 Å². The summed E-state index contributed by atoms with van der Waals surface area (Å²) >= 11 is 0. The van der Waals surface area contributed by atoms with Crippen LogP contribution in [0.5, 0.6) is 0 Å². The van der Waals surface area contributed by atoms with Crippen LogP contribution in [0.3, 0.4) is 0 Å². The van der Waals surface area contributed by atoms with E-state index < -0.39 is 0 Å². The van der Waals surface area contributed by atoms with E-state index in [-0.39, 0.29) is 5.84 Å². The fourth-order valence-electron chi connectivity index (χ4n) is 2.17. The Kier molecular flexibility index (Phi) is 3.46. The number of amidine groups is 1. The molecule has 1 unspecified atom stereocenters. The summed E-state index contributed by atoms with van der Waals surface area (Å²) < 4.78 is 0. The normalized spacial score (nSPS) is 20.9. The molecule has 1 aliphatic heterocycles. The molecule has 1 atom stereocenters. The van der Waals surface area contributed by atoms with Gasteiger partial charge in [-0.05, 0) is 24.5 Å². The first-order valence-corrected chi connectivity index (χ1v) is 5.94. The quantitative estimate of drug-likeness (QED) is 0.359. The number of rotatable bonds is 3. The van der Waals surface area contributed by atoms with Crippen LogP contribution in [0, 0.1) is 5.92 Å². The Bertz CT molecular complexity index is 419. The Hall–Kier alpha value is -1.78. The highest BCUT2D eigenvalue weighted by Crippen LogP contribution is 2.23. The lowest BCUT2D eigenvalue weighted by molar-refractivity contribution is 0.318. The van der Waals surface area contributed by atoms with Crippen molar-refractivity contribution in [3.63, 3.8) is 0 Å². The molecular weight excluding hydrogens is 216 g/mol. The number of pyridine rings is 1. The van der Waals surface area contributed by atoms with Crippen molar-refractivity contribution in [3.8, 4) is 0 Å². The van der Waals surface area contributed by atoms with Crippen LogP contribution in [-0.4, -0.2) is 29.1 Å². The zero-order valence-corrected chi connectivity index (χ0v) is 10.0. The van der Waals surface area contributed by atoms with Gasteiger partial charge in [-0.25, -0.2) is 4.98 Å². The molecule has 5 heteroatoms. The van der Waals surface area contributed by atoms with Gasteiger partial charge in [0.2, 0.25) is 0 Å². The summed E-state index contributed by atoms with van der Waals surface area (Å²) in [5.41, 5.74) is 6.05. The highest BCUT2D eigenvalue weighted by atomic mass is 16.4. The van der Waals surface area contributed by atoms with E-state index in [0.29, 0.717) is 5.69 Å². The monoisotopic (exact) mass is 234 g/mol. The first-order chi connectivity index (χ1) is 8.24. The van der Waals surface area contributed by atoms with Gasteiger partial charge in [0.05, 0.1) is 0 Å². The summed E-state index contributed by atoms with van der Waals surface area (Å²) in [6, 6.07) is 5.59. The third-order valence-electron chi connectivity index (χ3n) is 3.29. The molecule has 1 aromatic heterocycles. The van der Waals surface area contributed by atoms with Gasteiger partial charge < -0.3 is 15.8 Å². The van der Waals surface area contributed by atoms with E-state index in [1.807, 2.05) is 12.1 Å². The number of anilines is 1. The number of oxime groups is 1. The number of nitrogens with two attached hydrogens (primary N) is 1. The molecule has 0 spiro atoms. The Labute approximate surface area is 101 Å². The van der Waals surface area contributed by atoms with Crippen molar-refractivity contribution in [1.29, 1.82) is 0 Å². The van der Waals surface area contributed by atoms with Gasteiger partial charge in [0.25, 0.3) is 0 Å². The molecule has 0 aromatic carbocycles. The maximum atomic E-state index is 8.63. The number of nitrogens with zero attached hydrogens (tertiary/aromatic N) is 3. The predicted molar refractivity (Wildman–Crippen MR) is 67.4 cm³/mol. The van der Waals surface area contributed by atoms with Gasteiger partial charge in [0.15, 0.2) is 5.84 Å². The summed E-state index contributed by atoms with van der Waals surface area (Å²) in [5.74, 6) is 1.72. The summed E-state index contributed by atoms with van der Waals surface area (Å²) in [7, 11) is 0. The Morgan fingerprint density at radius 2 is 2.47 bits per heavy atom. The van der Waals surface area contributed by atoms with Crippen molar-refractivity contribution in [2.24, 2.45) is 16.8 Å². The molecule has 0 saturated carbocycles. The fourth-order valence-corrected chi connectivity index (χ4v) is 2.17. The maximum absolute atomic E-state index is 8.63. The molecule has 1 fully saturated rings. The van der Waals surface area contributed by atoms with Gasteiger partial charge in [-0.3, -0.25) is 0 Å². The highest BCUT2D eigenvalue weighted by molar-refractivity contribution is 5.95. The van der Waals surface area contributed by atoms with E-state index in [4.69, 9.17) is 10.9 Å². The Balaban J connectivity index is 2.17. The average molecular weight is 234 g/mol. The van der Waals surface area contributed by atoms with Gasteiger partial charge in [-0.2, -0.15) is 0 Å². The number of hydrogen-bond donors (Lipinski definition) is 2. The van der Waals surface area contributed by atoms with E-state index in [0.717, 1.165) is 24.8 Å². The minimum Gasteiger partial charge on any atom is -0.409 e. The van der Waals surface area contributed by atoms with Gasteiger partial charge >= 0.3 is 0 Å². The van der Waals surface area contributed by atoms with Crippen LogP contribution in [0.1, 0.15) is 25.5 Å². The van der Waals surface area contributed by atoms with E-state index in [1.165, 1.54) is 12.8 Å². The van der Waals surface area contributed by atoms with Crippen LogP contribution in [0.2, 0.25) is 0 Å². The standard InChI is InChI=1S/C12H18N4O/c1-2-9-6-7-16(8-9)11-5-3-4-10(14-11)12(13)15-17/h3-5,9,17H,2,6-8H2,1H3,(H2,13,15). The first kappa shape index (κ1) is 11.7. The lowest BCUT2D eigenvalue weighted by Crippen LogP contribution is -2.22. The molecule has 3 N–H and O–H groups in total. The largest absolute Gasteiger partial charge is 0.409 e. The summed E-state index contributed by atoms with van der Waals surface area (Å²) in [6.45, 7) is 4.29. The summed E-state index contributed by atoms with van der Waals surface area (Å²) in [4.78, 5) is 6.66. The predicted octanol–water partition coefficient (Wildman–Crippen LogP) is 1.41. The van der Waals surface area contributed by atoms with E-state index >= 15 is 0 Å².